The average Bonchev–Trinajstić information content (AvgIpc) is 3.01. The molecular weight excluding hydrogens is 352 g/mol. The van der Waals surface area contributed by atoms with Crippen LogP contribution in [0.3, 0.4) is 0 Å². The number of hydrogen-bond acceptors (Lipinski definition) is 6. The van der Waals surface area contributed by atoms with Gasteiger partial charge in [-0.15, -0.1) is 11.8 Å². The van der Waals surface area contributed by atoms with Gasteiger partial charge < -0.3 is 14.2 Å². The van der Waals surface area contributed by atoms with Crippen molar-refractivity contribution in [1.29, 1.82) is 0 Å². The first-order valence-corrected chi connectivity index (χ1v) is 9.56. The first kappa shape index (κ1) is 20.0. The highest BCUT2D eigenvalue weighted by atomic mass is 32.2. The molecule has 0 saturated heterocycles. The molecule has 1 aromatic carbocycles. The van der Waals surface area contributed by atoms with Crippen LogP contribution >= 0.6 is 11.8 Å². The number of aromatic nitrogens is 1. The van der Waals surface area contributed by atoms with Gasteiger partial charge in [-0.05, 0) is 30.9 Å². The summed E-state index contributed by atoms with van der Waals surface area (Å²) in [7, 11) is 1.68. The number of aryl methyl sites for hydroxylation is 1. The van der Waals surface area contributed by atoms with Crippen LogP contribution in [0.1, 0.15) is 47.1 Å². The maximum absolute atomic E-state index is 12.3. The second-order valence-electron chi connectivity index (χ2n) is 6.34. The summed E-state index contributed by atoms with van der Waals surface area (Å²) in [5.41, 5.74) is 1.79. The summed E-state index contributed by atoms with van der Waals surface area (Å²) in [4.78, 5) is 27.3. The van der Waals surface area contributed by atoms with Crippen LogP contribution in [0.15, 0.2) is 33.7 Å². The summed E-state index contributed by atoms with van der Waals surface area (Å²) in [5.74, 6) is -0.380. The van der Waals surface area contributed by atoms with Crippen molar-refractivity contribution in [3.05, 3.63) is 46.8 Å². The normalized spacial score (nSPS) is 10.8. The Morgan fingerprint density at radius 1 is 1.27 bits per heavy atom. The lowest BCUT2D eigenvalue weighted by atomic mass is 10.1. The lowest BCUT2D eigenvalue weighted by Gasteiger charge is -2.17. The third-order valence-corrected chi connectivity index (χ3v) is 4.69. The fraction of sp³-hybridized carbons (Fsp3) is 0.421. The number of nitrogens with zero attached hydrogens (tertiary/aromatic N) is 2. The summed E-state index contributed by atoms with van der Waals surface area (Å²) < 4.78 is 10.4. The van der Waals surface area contributed by atoms with Gasteiger partial charge >= 0.3 is 5.97 Å². The minimum atomic E-state index is -0.585. The molecule has 0 radical (unpaired) electrons. The fourth-order valence-corrected chi connectivity index (χ4v) is 2.84. The Morgan fingerprint density at radius 2 is 1.92 bits per heavy atom. The van der Waals surface area contributed by atoms with Crippen molar-refractivity contribution in [3.63, 3.8) is 0 Å². The fourth-order valence-electron chi connectivity index (χ4n) is 2.43. The van der Waals surface area contributed by atoms with Crippen molar-refractivity contribution in [2.24, 2.45) is 0 Å². The second-order valence-corrected chi connectivity index (χ2v) is 7.22. The summed E-state index contributed by atoms with van der Waals surface area (Å²) >= 11 is 1.67. The number of likely N-dealkylation sites (N-methyl/N-ethyl adjacent to an activating group) is 1. The molecule has 2 aromatic rings. The molecule has 0 aliphatic carbocycles. The molecule has 0 aliphatic heterocycles. The Hall–Kier alpha value is -2.28. The summed E-state index contributed by atoms with van der Waals surface area (Å²) in [6, 6.07) is 8.00. The highest BCUT2D eigenvalue weighted by Gasteiger charge is 2.24. The maximum atomic E-state index is 12.3. The molecule has 0 fully saturated rings. The lowest BCUT2D eigenvalue weighted by molar-refractivity contribution is -0.133. The third-order valence-electron chi connectivity index (χ3n) is 3.95. The van der Waals surface area contributed by atoms with Gasteiger partial charge in [0.2, 0.25) is 0 Å². The van der Waals surface area contributed by atoms with E-state index < -0.39 is 5.97 Å². The molecule has 0 atom stereocenters. The number of hydrogen-bond donors (Lipinski definition) is 0. The largest absolute Gasteiger partial charge is 0.452 e. The molecule has 140 valence electrons. The SMILES string of the molecule is CSc1ccc(CN(C)C(=O)COC(=O)c2c(C)noc2C(C)C)cc1. The van der Waals surface area contributed by atoms with Gasteiger partial charge in [0.05, 0.1) is 5.69 Å². The first-order valence-electron chi connectivity index (χ1n) is 8.33. The maximum Gasteiger partial charge on any atom is 0.344 e. The van der Waals surface area contributed by atoms with Gasteiger partial charge in [-0.3, -0.25) is 4.79 Å². The van der Waals surface area contributed by atoms with E-state index in [9.17, 15) is 9.59 Å². The van der Waals surface area contributed by atoms with E-state index in [2.05, 4.69) is 5.16 Å². The van der Waals surface area contributed by atoms with E-state index in [1.54, 1.807) is 25.7 Å². The Morgan fingerprint density at radius 3 is 2.50 bits per heavy atom. The standard InChI is InChI=1S/C19H24N2O4S/c1-12(2)18-17(13(3)20-25-18)19(23)24-11-16(22)21(4)10-14-6-8-15(26-5)9-7-14/h6-9,12H,10-11H2,1-5H3. The topological polar surface area (TPSA) is 72.6 Å². The minimum absolute atomic E-state index is 0.00128. The van der Waals surface area contributed by atoms with Gasteiger partial charge in [0, 0.05) is 24.4 Å². The van der Waals surface area contributed by atoms with Crippen molar-refractivity contribution in [1.82, 2.24) is 10.1 Å². The number of rotatable bonds is 7. The molecule has 1 heterocycles. The Kier molecular flexibility index (Phi) is 6.85. The van der Waals surface area contributed by atoms with Crippen LogP contribution in [-0.2, 0) is 16.1 Å². The van der Waals surface area contributed by atoms with Gasteiger partial charge in [0.25, 0.3) is 5.91 Å². The highest BCUT2D eigenvalue weighted by molar-refractivity contribution is 7.98. The van der Waals surface area contributed by atoms with E-state index in [-0.39, 0.29) is 18.4 Å². The number of esters is 1. The smallest absolute Gasteiger partial charge is 0.344 e. The van der Waals surface area contributed by atoms with E-state index in [0.717, 1.165) is 5.56 Å². The molecular formula is C19H24N2O4S. The zero-order valence-electron chi connectivity index (χ0n) is 15.7. The molecule has 0 unspecified atom stereocenters. The van der Waals surface area contributed by atoms with Crippen molar-refractivity contribution in [2.45, 2.75) is 38.1 Å². The van der Waals surface area contributed by atoms with Crippen molar-refractivity contribution in [3.8, 4) is 0 Å². The van der Waals surface area contributed by atoms with Crippen LogP contribution in [0.2, 0.25) is 0 Å². The number of carbonyl (C=O) groups excluding carboxylic acids is 2. The molecule has 0 N–H and O–H groups in total. The summed E-state index contributed by atoms with van der Waals surface area (Å²) in [6.45, 7) is 5.61. The molecule has 0 bridgehead atoms. The van der Waals surface area contributed by atoms with E-state index >= 15 is 0 Å². The number of benzene rings is 1. The molecule has 0 aliphatic rings. The monoisotopic (exact) mass is 376 g/mol. The molecule has 1 aromatic heterocycles. The second kappa shape index (κ2) is 8.89. The van der Waals surface area contributed by atoms with E-state index in [0.29, 0.717) is 23.6 Å². The summed E-state index contributed by atoms with van der Waals surface area (Å²) in [5, 5.41) is 3.82. The predicted molar refractivity (Wildman–Crippen MR) is 100 cm³/mol. The Labute approximate surface area is 157 Å². The van der Waals surface area contributed by atoms with E-state index in [1.165, 1.54) is 9.80 Å². The van der Waals surface area contributed by atoms with Crippen LogP contribution in [0.25, 0.3) is 0 Å². The van der Waals surface area contributed by atoms with Crippen LogP contribution in [0, 0.1) is 6.92 Å². The van der Waals surface area contributed by atoms with Gasteiger partial charge in [0.1, 0.15) is 5.56 Å². The molecule has 6 nitrogen and oxygen atoms in total. The molecule has 0 spiro atoms. The van der Waals surface area contributed by atoms with Crippen molar-refractivity contribution >= 4 is 23.6 Å². The third kappa shape index (κ3) is 4.88. The highest BCUT2D eigenvalue weighted by Crippen LogP contribution is 2.23. The van der Waals surface area contributed by atoms with Crippen molar-refractivity contribution in [2.75, 3.05) is 19.9 Å². The number of ether oxygens (including phenoxy) is 1. The quantitative estimate of drug-likeness (QED) is 0.543. The number of carbonyl (C=O) groups is 2. The lowest BCUT2D eigenvalue weighted by Crippen LogP contribution is -2.31. The molecule has 2 rings (SSSR count). The van der Waals surface area contributed by atoms with Gasteiger partial charge in [-0.1, -0.05) is 31.1 Å². The van der Waals surface area contributed by atoms with Gasteiger partial charge in [-0.2, -0.15) is 0 Å². The van der Waals surface area contributed by atoms with Crippen LogP contribution in [0.4, 0.5) is 0 Å². The predicted octanol–water partition coefficient (Wildman–Crippen LogP) is 3.64. The molecule has 26 heavy (non-hydrogen) atoms. The van der Waals surface area contributed by atoms with E-state index in [4.69, 9.17) is 9.26 Å². The molecule has 0 saturated carbocycles. The molecule has 7 heteroatoms. The average molecular weight is 376 g/mol. The molecule has 1 amide bonds. The van der Waals surface area contributed by atoms with Crippen LogP contribution in [-0.4, -0.2) is 41.8 Å². The van der Waals surface area contributed by atoms with E-state index in [1.807, 2.05) is 44.4 Å². The van der Waals surface area contributed by atoms with Crippen LogP contribution in [0.5, 0.6) is 0 Å². The first-order chi connectivity index (χ1) is 12.3. The zero-order chi connectivity index (χ0) is 19.3. The summed E-state index contributed by atoms with van der Waals surface area (Å²) in [6.07, 6.45) is 2.01. The zero-order valence-corrected chi connectivity index (χ0v) is 16.6. The van der Waals surface area contributed by atoms with Crippen molar-refractivity contribution < 1.29 is 18.8 Å². The Bertz CT molecular complexity index is 768. The minimum Gasteiger partial charge on any atom is -0.452 e. The van der Waals surface area contributed by atoms with Gasteiger partial charge in [0.15, 0.2) is 12.4 Å². The van der Waals surface area contributed by atoms with Gasteiger partial charge in [-0.25, -0.2) is 4.79 Å². The Balaban J connectivity index is 1.93. The number of thioether (sulfide) groups is 1. The van der Waals surface area contributed by atoms with Crippen LogP contribution < -0.4 is 0 Å². The number of amides is 1.